The Morgan fingerprint density at radius 1 is 1.00 bits per heavy atom. The Hall–Kier alpha value is -2.54. The van der Waals surface area contributed by atoms with Crippen LogP contribution in [0.4, 0.5) is 0 Å². The zero-order chi connectivity index (χ0) is 22.3. The molecule has 0 aliphatic carbocycles. The van der Waals surface area contributed by atoms with Gasteiger partial charge in [0.15, 0.2) is 0 Å². The number of sulfonamides is 1. The van der Waals surface area contributed by atoms with Gasteiger partial charge in [0.2, 0.25) is 10.0 Å². The summed E-state index contributed by atoms with van der Waals surface area (Å²) in [7, 11) is -2.04. The maximum atomic E-state index is 13.0. The first kappa shape index (κ1) is 23.1. The second-order valence-corrected chi connectivity index (χ2v) is 10.5. The number of hydrogen-bond donors (Lipinski definition) is 1. The predicted molar refractivity (Wildman–Crippen MR) is 128 cm³/mol. The molecule has 0 radical (unpaired) electrons. The Labute approximate surface area is 189 Å². The SMILES string of the molecule is C=CCC(CNS(=O)(=O)c1ccc(C)cc1)(Sc1ccccc1)c1ccc(OC)cc1. The first-order chi connectivity index (χ1) is 14.9. The lowest BCUT2D eigenvalue weighted by molar-refractivity contribution is 0.414. The van der Waals surface area contributed by atoms with Crippen molar-refractivity contribution in [3.8, 4) is 5.75 Å². The molecular formula is C25H27NO3S2. The zero-order valence-corrected chi connectivity index (χ0v) is 19.4. The van der Waals surface area contributed by atoms with Crippen molar-refractivity contribution in [3.05, 3.63) is 103 Å². The van der Waals surface area contributed by atoms with Crippen molar-refractivity contribution in [1.82, 2.24) is 4.72 Å². The minimum absolute atomic E-state index is 0.209. The highest BCUT2D eigenvalue weighted by Crippen LogP contribution is 2.44. The first-order valence-corrected chi connectivity index (χ1v) is 12.2. The fourth-order valence-corrected chi connectivity index (χ4v) is 5.82. The molecule has 3 aromatic rings. The molecule has 0 aromatic heterocycles. The third kappa shape index (κ3) is 5.79. The van der Waals surface area contributed by atoms with E-state index in [1.54, 1.807) is 43.1 Å². The van der Waals surface area contributed by atoms with E-state index in [0.29, 0.717) is 6.42 Å². The minimum Gasteiger partial charge on any atom is -0.497 e. The van der Waals surface area contributed by atoms with Gasteiger partial charge in [-0.3, -0.25) is 0 Å². The molecule has 1 N–H and O–H groups in total. The van der Waals surface area contributed by atoms with Crippen LogP contribution >= 0.6 is 11.8 Å². The third-order valence-corrected chi connectivity index (χ3v) is 7.89. The highest BCUT2D eigenvalue weighted by molar-refractivity contribution is 8.00. The highest BCUT2D eigenvalue weighted by atomic mass is 32.2. The van der Waals surface area contributed by atoms with Gasteiger partial charge in [-0.2, -0.15) is 0 Å². The molecule has 0 saturated heterocycles. The van der Waals surface area contributed by atoms with E-state index in [4.69, 9.17) is 4.74 Å². The second kappa shape index (κ2) is 10.2. The lowest BCUT2D eigenvalue weighted by Gasteiger charge is -2.33. The van der Waals surface area contributed by atoms with Crippen molar-refractivity contribution in [1.29, 1.82) is 0 Å². The van der Waals surface area contributed by atoms with Gasteiger partial charge in [0.1, 0.15) is 5.75 Å². The second-order valence-electron chi connectivity index (χ2n) is 7.27. The summed E-state index contributed by atoms with van der Waals surface area (Å²) < 4.78 is 33.6. The normalized spacial score (nSPS) is 13.4. The van der Waals surface area contributed by atoms with Crippen molar-refractivity contribution in [2.75, 3.05) is 13.7 Å². The quantitative estimate of drug-likeness (QED) is 0.323. The van der Waals surface area contributed by atoms with Crippen molar-refractivity contribution >= 4 is 21.8 Å². The number of allylic oxidation sites excluding steroid dienone is 1. The van der Waals surface area contributed by atoms with E-state index < -0.39 is 14.8 Å². The van der Waals surface area contributed by atoms with Gasteiger partial charge < -0.3 is 4.74 Å². The van der Waals surface area contributed by atoms with Gasteiger partial charge in [0.25, 0.3) is 0 Å². The summed E-state index contributed by atoms with van der Waals surface area (Å²) in [5.74, 6) is 0.751. The summed E-state index contributed by atoms with van der Waals surface area (Å²) in [6, 6.07) is 24.6. The maximum Gasteiger partial charge on any atom is 0.240 e. The van der Waals surface area contributed by atoms with Crippen molar-refractivity contribution < 1.29 is 13.2 Å². The van der Waals surface area contributed by atoms with Crippen LogP contribution < -0.4 is 9.46 Å². The monoisotopic (exact) mass is 453 g/mol. The van der Waals surface area contributed by atoms with Crippen LogP contribution in [0.15, 0.2) is 101 Å². The highest BCUT2D eigenvalue weighted by Gasteiger charge is 2.34. The van der Waals surface area contributed by atoms with E-state index in [2.05, 4.69) is 11.3 Å². The lowest BCUT2D eigenvalue weighted by atomic mass is 9.94. The fraction of sp³-hybridized carbons (Fsp3) is 0.200. The number of ether oxygens (including phenoxy) is 1. The summed E-state index contributed by atoms with van der Waals surface area (Å²) in [6.45, 7) is 6.08. The summed E-state index contributed by atoms with van der Waals surface area (Å²) in [4.78, 5) is 1.31. The average molecular weight is 454 g/mol. The number of thioether (sulfide) groups is 1. The molecule has 31 heavy (non-hydrogen) atoms. The van der Waals surface area contributed by atoms with Gasteiger partial charge in [0, 0.05) is 11.4 Å². The molecule has 0 aliphatic heterocycles. The molecule has 6 heteroatoms. The first-order valence-electron chi connectivity index (χ1n) is 9.94. The molecule has 162 valence electrons. The zero-order valence-electron chi connectivity index (χ0n) is 17.7. The van der Waals surface area contributed by atoms with Crippen LogP contribution in [0, 0.1) is 6.92 Å². The Morgan fingerprint density at radius 2 is 1.65 bits per heavy atom. The van der Waals surface area contributed by atoms with Gasteiger partial charge in [-0.15, -0.1) is 18.3 Å². The van der Waals surface area contributed by atoms with Gasteiger partial charge in [-0.05, 0) is 55.3 Å². The van der Waals surface area contributed by atoms with E-state index in [9.17, 15) is 8.42 Å². The number of benzene rings is 3. The topological polar surface area (TPSA) is 55.4 Å². The van der Waals surface area contributed by atoms with Crippen LogP contribution in [0.2, 0.25) is 0 Å². The van der Waals surface area contributed by atoms with Crippen LogP contribution in [0.1, 0.15) is 17.5 Å². The number of methoxy groups -OCH3 is 1. The minimum atomic E-state index is -3.66. The molecule has 1 unspecified atom stereocenters. The number of rotatable bonds is 10. The van der Waals surface area contributed by atoms with Crippen LogP contribution in [0.5, 0.6) is 5.75 Å². The van der Waals surface area contributed by atoms with Gasteiger partial charge in [-0.1, -0.05) is 54.1 Å². The molecule has 0 spiro atoms. The van der Waals surface area contributed by atoms with E-state index in [0.717, 1.165) is 21.8 Å². The molecule has 0 bridgehead atoms. The van der Waals surface area contributed by atoms with Crippen molar-refractivity contribution in [3.63, 3.8) is 0 Å². The molecule has 3 rings (SSSR count). The van der Waals surface area contributed by atoms with E-state index >= 15 is 0 Å². The number of hydrogen-bond acceptors (Lipinski definition) is 4. The Kier molecular flexibility index (Phi) is 7.59. The van der Waals surface area contributed by atoms with Gasteiger partial charge >= 0.3 is 0 Å². The molecule has 0 heterocycles. The van der Waals surface area contributed by atoms with Gasteiger partial charge in [0.05, 0.1) is 16.8 Å². The summed E-state index contributed by atoms with van der Waals surface area (Å²) in [5.41, 5.74) is 2.01. The smallest absolute Gasteiger partial charge is 0.240 e. The summed E-state index contributed by atoms with van der Waals surface area (Å²) >= 11 is 1.63. The van der Waals surface area contributed by atoms with Gasteiger partial charge in [-0.25, -0.2) is 13.1 Å². The fourth-order valence-electron chi connectivity index (χ4n) is 3.28. The van der Waals surface area contributed by atoms with E-state index in [1.807, 2.05) is 67.6 Å². The molecule has 4 nitrogen and oxygen atoms in total. The van der Waals surface area contributed by atoms with Crippen molar-refractivity contribution in [2.24, 2.45) is 0 Å². The third-order valence-electron chi connectivity index (χ3n) is 5.03. The molecule has 1 atom stereocenters. The molecule has 0 saturated carbocycles. The Balaban J connectivity index is 1.98. The summed E-state index contributed by atoms with van der Waals surface area (Å²) in [5, 5.41) is 0. The molecular weight excluding hydrogens is 426 g/mol. The predicted octanol–water partition coefficient (Wildman–Crippen LogP) is 5.55. The molecule has 0 amide bonds. The summed E-state index contributed by atoms with van der Waals surface area (Å²) in [6.07, 6.45) is 2.41. The maximum absolute atomic E-state index is 13.0. The van der Waals surface area contributed by atoms with Crippen LogP contribution in [0.3, 0.4) is 0 Å². The van der Waals surface area contributed by atoms with Crippen LogP contribution in [-0.2, 0) is 14.8 Å². The lowest BCUT2D eigenvalue weighted by Crippen LogP contribution is -2.38. The molecule has 3 aromatic carbocycles. The number of nitrogens with one attached hydrogen (secondary N) is 1. The molecule has 0 aliphatic rings. The van der Waals surface area contributed by atoms with E-state index in [-0.39, 0.29) is 11.4 Å². The molecule has 0 fully saturated rings. The van der Waals surface area contributed by atoms with Crippen LogP contribution in [-0.4, -0.2) is 22.1 Å². The number of aryl methyl sites for hydroxylation is 1. The van der Waals surface area contributed by atoms with Crippen LogP contribution in [0.25, 0.3) is 0 Å². The standard InChI is InChI=1S/C25H27NO3S2/c1-4-18-25(30-23-8-6-5-7-9-23,21-12-14-22(29-3)15-13-21)19-26-31(27,28)24-16-10-20(2)11-17-24/h4-17,26H,1,18-19H2,2-3H3. The van der Waals surface area contributed by atoms with E-state index in [1.165, 1.54) is 0 Å². The van der Waals surface area contributed by atoms with Crippen molar-refractivity contribution in [2.45, 2.75) is 27.9 Å². The average Bonchev–Trinajstić information content (AvgIpc) is 2.79. The largest absolute Gasteiger partial charge is 0.497 e. The Morgan fingerprint density at radius 3 is 2.23 bits per heavy atom. The Bertz CT molecular complexity index is 1100.